The Morgan fingerprint density at radius 2 is 1.86 bits per heavy atom. The fraction of sp³-hybridized carbons (Fsp3) is 0.938. The lowest BCUT2D eigenvalue weighted by Crippen LogP contribution is -2.42. The molecule has 0 saturated carbocycles. The Labute approximate surface area is 134 Å². The van der Waals surface area contributed by atoms with Gasteiger partial charge >= 0.3 is 6.09 Å². The van der Waals surface area contributed by atoms with E-state index in [-0.39, 0.29) is 6.09 Å². The Kier molecular flexibility index (Phi) is 7.88. The standard InChI is InChI=1S/C16H32N2O2S/c1-12(2)13(10-17-14-6-8-21-9-7-14)11-18-15(19)20-16(3,4)5/h12-14,17H,6-11H2,1-5H3,(H,18,19). The SMILES string of the molecule is CC(C)C(CNC(=O)OC(C)(C)C)CNC1CCSCC1. The van der Waals surface area contributed by atoms with E-state index in [2.05, 4.69) is 24.5 Å². The summed E-state index contributed by atoms with van der Waals surface area (Å²) in [6, 6.07) is 0.647. The third-order valence-corrected chi connectivity index (χ3v) is 4.79. The highest BCUT2D eigenvalue weighted by atomic mass is 32.2. The fourth-order valence-electron chi connectivity index (χ4n) is 2.29. The van der Waals surface area contributed by atoms with Crippen molar-refractivity contribution in [3.8, 4) is 0 Å². The smallest absolute Gasteiger partial charge is 0.407 e. The van der Waals surface area contributed by atoms with E-state index in [1.807, 2.05) is 32.5 Å². The van der Waals surface area contributed by atoms with Crippen molar-refractivity contribution in [3.63, 3.8) is 0 Å². The van der Waals surface area contributed by atoms with E-state index in [4.69, 9.17) is 4.74 Å². The van der Waals surface area contributed by atoms with Gasteiger partial charge in [0, 0.05) is 19.1 Å². The Balaban J connectivity index is 2.30. The lowest BCUT2D eigenvalue weighted by atomic mass is 9.95. The van der Waals surface area contributed by atoms with Crippen LogP contribution in [0.25, 0.3) is 0 Å². The minimum atomic E-state index is -0.435. The average molecular weight is 317 g/mol. The molecule has 21 heavy (non-hydrogen) atoms. The van der Waals surface area contributed by atoms with Crippen LogP contribution in [0.5, 0.6) is 0 Å². The summed E-state index contributed by atoms with van der Waals surface area (Å²) in [7, 11) is 0. The third kappa shape index (κ3) is 8.57. The molecule has 1 amide bonds. The van der Waals surface area contributed by atoms with Gasteiger partial charge in [-0.2, -0.15) is 11.8 Å². The maximum Gasteiger partial charge on any atom is 0.407 e. The molecule has 4 nitrogen and oxygen atoms in total. The molecule has 0 aliphatic carbocycles. The van der Waals surface area contributed by atoms with Crippen LogP contribution < -0.4 is 10.6 Å². The predicted molar refractivity (Wildman–Crippen MR) is 90.9 cm³/mol. The number of alkyl carbamates (subject to hydrolysis) is 1. The van der Waals surface area contributed by atoms with E-state index in [0.29, 0.717) is 24.4 Å². The summed E-state index contributed by atoms with van der Waals surface area (Å²) in [4.78, 5) is 11.7. The summed E-state index contributed by atoms with van der Waals surface area (Å²) in [5, 5.41) is 6.57. The first-order chi connectivity index (χ1) is 9.78. The van der Waals surface area contributed by atoms with Crippen molar-refractivity contribution in [2.75, 3.05) is 24.6 Å². The Hall–Kier alpha value is -0.420. The van der Waals surface area contributed by atoms with Crippen molar-refractivity contribution in [1.82, 2.24) is 10.6 Å². The number of hydrogen-bond acceptors (Lipinski definition) is 4. The second kappa shape index (κ2) is 8.89. The molecule has 1 aliphatic heterocycles. The molecule has 0 aromatic heterocycles. The van der Waals surface area contributed by atoms with E-state index >= 15 is 0 Å². The van der Waals surface area contributed by atoms with Gasteiger partial charge in [0.25, 0.3) is 0 Å². The second-order valence-corrected chi connectivity index (χ2v) is 8.41. The van der Waals surface area contributed by atoms with Gasteiger partial charge in [0.1, 0.15) is 5.60 Å². The molecule has 0 bridgehead atoms. The highest BCUT2D eigenvalue weighted by Gasteiger charge is 2.20. The highest BCUT2D eigenvalue weighted by Crippen LogP contribution is 2.18. The van der Waals surface area contributed by atoms with Crippen molar-refractivity contribution >= 4 is 17.9 Å². The van der Waals surface area contributed by atoms with Gasteiger partial charge in [0.15, 0.2) is 0 Å². The molecule has 0 aromatic carbocycles. The molecular formula is C16H32N2O2S. The summed E-state index contributed by atoms with van der Waals surface area (Å²) in [5.74, 6) is 3.50. The molecule has 1 rings (SSSR count). The minimum Gasteiger partial charge on any atom is -0.444 e. The largest absolute Gasteiger partial charge is 0.444 e. The van der Waals surface area contributed by atoms with Crippen molar-refractivity contribution in [3.05, 3.63) is 0 Å². The Morgan fingerprint density at radius 3 is 2.38 bits per heavy atom. The van der Waals surface area contributed by atoms with Gasteiger partial charge in [-0.05, 0) is 57.0 Å². The van der Waals surface area contributed by atoms with E-state index in [1.54, 1.807) is 0 Å². The highest BCUT2D eigenvalue weighted by molar-refractivity contribution is 7.99. The van der Waals surface area contributed by atoms with E-state index in [9.17, 15) is 4.79 Å². The molecule has 0 spiro atoms. The van der Waals surface area contributed by atoms with Crippen LogP contribution >= 0.6 is 11.8 Å². The number of rotatable bonds is 6. The molecule has 5 heteroatoms. The van der Waals surface area contributed by atoms with Gasteiger partial charge in [0.05, 0.1) is 0 Å². The first-order valence-electron chi connectivity index (χ1n) is 8.06. The lowest BCUT2D eigenvalue weighted by molar-refractivity contribution is 0.0514. The number of amides is 1. The van der Waals surface area contributed by atoms with Gasteiger partial charge in [-0.15, -0.1) is 0 Å². The molecule has 1 atom stereocenters. The molecule has 1 fully saturated rings. The first-order valence-corrected chi connectivity index (χ1v) is 9.21. The molecule has 2 N–H and O–H groups in total. The van der Waals surface area contributed by atoms with E-state index in [1.165, 1.54) is 24.3 Å². The first kappa shape index (κ1) is 18.6. The Bertz CT molecular complexity index is 310. The quantitative estimate of drug-likeness (QED) is 0.789. The van der Waals surface area contributed by atoms with Crippen molar-refractivity contribution in [2.45, 2.75) is 59.1 Å². The lowest BCUT2D eigenvalue weighted by Gasteiger charge is -2.28. The van der Waals surface area contributed by atoms with Gasteiger partial charge in [0.2, 0.25) is 0 Å². The molecule has 1 saturated heterocycles. The third-order valence-electron chi connectivity index (χ3n) is 3.74. The van der Waals surface area contributed by atoms with Gasteiger partial charge < -0.3 is 15.4 Å². The molecule has 0 aromatic rings. The van der Waals surface area contributed by atoms with Crippen LogP contribution in [0.1, 0.15) is 47.5 Å². The van der Waals surface area contributed by atoms with Crippen molar-refractivity contribution < 1.29 is 9.53 Å². The van der Waals surface area contributed by atoms with Crippen LogP contribution in [0.3, 0.4) is 0 Å². The summed E-state index contributed by atoms with van der Waals surface area (Å²) >= 11 is 2.05. The van der Waals surface area contributed by atoms with E-state index in [0.717, 1.165) is 6.54 Å². The normalized spacial score (nSPS) is 18.6. The van der Waals surface area contributed by atoms with Crippen molar-refractivity contribution in [2.24, 2.45) is 11.8 Å². The zero-order chi connectivity index (χ0) is 15.9. The Morgan fingerprint density at radius 1 is 1.24 bits per heavy atom. The maximum absolute atomic E-state index is 11.7. The summed E-state index contributed by atoms with van der Waals surface area (Å²) in [5.41, 5.74) is -0.435. The number of ether oxygens (including phenoxy) is 1. The summed E-state index contributed by atoms with van der Waals surface area (Å²) < 4.78 is 5.29. The van der Waals surface area contributed by atoms with Crippen LogP contribution in [-0.2, 0) is 4.74 Å². The zero-order valence-electron chi connectivity index (χ0n) is 14.2. The van der Waals surface area contributed by atoms with Gasteiger partial charge in [-0.25, -0.2) is 4.79 Å². The predicted octanol–water partition coefficient (Wildman–Crippen LogP) is 3.27. The van der Waals surface area contributed by atoms with E-state index < -0.39 is 5.60 Å². The topological polar surface area (TPSA) is 50.4 Å². The zero-order valence-corrected chi connectivity index (χ0v) is 15.0. The monoisotopic (exact) mass is 316 g/mol. The van der Waals surface area contributed by atoms with Crippen LogP contribution in [0, 0.1) is 11.8 Å². The summed E-state index contributed by atoms with van der Waals surface area (Å²) in [6.07, 6.45) is 2.20. The fourth-order valence-corrected chi connectivity index (χ4v) is 3.40. The molecule has 0 radical (unpaired) electrons. The van der Waals surface area contributed by atoms with Crippen LogP contribution in [-0.4, -0.2) is 42.3 Å². The second-order valence-electron chi connectivity index (χ2n) is 7.18. The number of nitrogens with one attached hydrogen (secondary N) is 2. The minimum absolute atomic E-state index is 0.317. The molecular weight excluding hydrogens is 284 g/mol. The summed E-state index contributed by atoms with van der Waals surface area (Å²) in [6.45, 7) is 11.7. The number of thioether (sulfide) groups is 1. The molecule has 1 unspecified atom stereocenters. The molecule has 1 heterocycles. The van der Waals surface area contributed by atoms with Crippen LogP contribution in [0.15, 0.2) is 0 Å². The number of hydrogen-bond donors (Lipinski definition) is 2. The van der Waals surface area contributed by atoms with Crippen molar-refractivity contribution in [1.29, 1.82) is 0 Å². The number of carbonyl (C=O) groups is 1. The van der Waals surface area contributed by atoms with Crippen LogP contribution in [0.4, 0.5) is 4.79 Å². The molecule has 124 valence electrons. The molecule has 1 aliphatic rings. The van der Waals surface area contributed by atoms with Gasteiger partial charge in [-0.3, -0.25) is 0 Å². The maximum atomic E-state index is 11.7. The van der Waals surface area contributed by atoms with Crippen LogP contribution in [0.2, 0.25) is 0 Å². The average Bonchev–Trinajstić information content (AvgIpc) is 2.37. The van der Waals surface area contributed by atoms with Gasteiger partial charge in [-0.1, -0.05) is 13.8 Å². The number of carbonyl (C=O) groups excluding carboxylic acids is 1.